The third-order valence-electron chi connectivity index (χ3n) is 4.96. The van der Waals surface area contributed by atoms with Gasteiger partial charge in [-0.1, -0.05) is 6.07 Å². The predicted molar refractivity (Wildman–Crippen MR) is 124 cm³/mol. The van der Waals surface area contributed by atoms with Crippen LogP contribution < -0.4 is 10.1 Å². The molecule has 1 amide bonds. The van der Waals surface area contributed by atoms with Crippen LogP contribution in [-0.2, 0) is 16.0 Å². The summed E-state index contributed by atoms with van der Waals surface area (Å²) in [4.78, 5) is 27.3. The fraction of sp³-hybridized carbons (Fsp3) is 0.292. The van der Waals surface area contributed by atoms with E-state index in [0.29, 0.717) is 46.5 Å². The van der Waals surface area contributed by atoms with Crippen LogP contribution in [0.5, 0.6) is 11.5 Å². The number of hydrogen-bond donors (Lipinski definition) is 1. The van der Waals surface area contributed by atoms with Gasteiger partial charge in [-0.25, -0.2) is 4.39 Å². The van der Waals surface area contributed by atoms with Gasteiger partial charge in [0, 0.05) is 36.2 Å². The first-order chi connectivity index (χ1) is 15.0. The molecule has 0 saturated carbocycles. The molecule has 0 atom stereocenters. The molecule has 1 N–H and O–H groups in total. The van der Waals surface area contributed by atoms with Crippen LogP contribution in [0.25, 0.3) is 10.9 Å². The number of rotatable bonds is 11. The maximum atomic E-state index is 14.6. The fourth-order valence-electron chi connectivity index (χ4n) is 3.31. The van der Waals surface area contributed by atoms with Crippen molar-refractivity contribution >= 4 is 40.5 Å². The van der Waals surface area contributed by atoms with Crippen molar-refractivity contribution in [2.75, 3.05) is 17.3 Å². The number of thioether (sulfide) groups is 1. The Bertz CT molecular complexity index is 1090. The summed E-state index contributed by atoms with van der Waals surface area (Å²) >= 11 is 1.76. The van der Waals surface area contributed by atoms with Crippen molar-refractivity contribution in [3.63, 3.8) is 0 Å². The molecule has 0 aliphatic rings. The number of benzene rings is 2. The highest BCUT2D eigenvalue weighted by atomic mass is 32.2. The second-order valence-corrected chi connectivity index (χ2v) is 8.26. The van der Waals surface area contributed by atoms with Gasteiger partial charge in [0.1, 0.15) is 23.1 Å². The molecule has 3 aromatic rings. The van der Waals surface area contributed by atoms with Gasteiger partial charge in [-0.3, -0.25) is 14.6 Å². The number of hydrogen-bond acceptors (Lipinski definition) is 5. The number of unbranched alkanes of at least 4 members (excludes halogenated alkanes) is 1. The minimum Gasteiger partial charge on any atom is -0.456 e. The van der Waals surface area contributed by atoms with Gasteiger partial charge >= 0.3 is 0 Å². The van der Waals surface area contributed by atoms with Gasteiger partial charge < -0.3 is 10.1 Å². The number of halogens is 1. The molecule has 5 nitrogen and oxygen atoms in total. The van der Waals surface area contributed by atoms with E-state index in [4.69, 9.17) is 4.74 Å². The first-order valence-corrected chi connectivity index (χ1v) is 11.5. The first kappa shape index (κ1) is 22.7. The van der Waals surface area contributed by atoms with Gasteiger partial charge in [-0.05, 0) is 67.2 Å². The highest BCUT2D eigenvalue weighted by Crippen LogP contribution is 2.32. The Morgan fingerprint density at radius 1 is 1.23 bits per heavy atom. The highest BCUT2D eigenvalue weighted by Gasteiger charge is 2.12. The number of fused-ring (bicyclic) bond motifs is 1. The number of pyridine rings is 1. The van der Waals surface area contributed by atoms with Gasteiger partial charge in [0.15, 0.2) is 0 Å². The number of Topliss-reactive ketones (excluding diaryl/α,β-unsaturated/α-hetero) is 1. The molecular formula is C24H25FN2O3S. The number of nitrogens with zero attached hydrogens (tertiary/aromatic N) is 1. The van der Waals surface area contributed by atoms with Crippen LogP contribution in [0, 0.1) is 12.7 Å². The molecule has 162 valence electrons. The second kappa shape index (κ2) is 10.9. The van der Waals surface area contributed by atoms with E-state index in [2.05, 4.69) is 10.3 Å². The average Bonchev–Trinajstić information content (AvgIpc) is 2.74. The van der Waals surface area contributed by atoms with Crippen molar-refractivity contribution in [2.24, 2.45) is 0 Å². The Kier molecular flexibility index (Phi) is 8.00. The lowest BCUT2D eigenvalue weighted by atomic mass is 10.0. The molecule has 1 heterocycles. The maximum absolute atomic E-state index is 14.6. The lowest BCUT2D eigenvalue weighted by molar-refractivity contribution is -0.118. The molecule has 3 rings (SSSR count). The summed E-state index contributed by atoms with van der Waals surface area (Å²) in [5.74, 6) is 1.43. The standard InChI is InChI=1S/C24H25FN2O3S/c1-16-11-23-20(14-22(16)27-15-28)24(8-9-26-23)30-19-7-6-17(21(25)13-19)12-18(29)5-3-4-10-31-2/h6-9,11,13-15H,3-5,10,12H2,1-2H3,(H,27,28). The number of aryl methyl sites for hydroxylation is 1. The van der Waals surface area contributed by atoms with Gasteiger partial charge in [0.05, 0.1) is 5.52 Å². The third kappa shape index (κ3) is 6.04. The molecule has 0 aliphatic carbocycles. The number of aromatic nitrogens is 1. The normalized spacial score (nSPS) is 10.8. The topological polar surface area (TPSA) is 68.3 Å². The molecule has 0 radical (unpaired) electrons. The summed E-state index contributed by atoms with van der Waals surface area (Å²) in [7, 11) is 0. The number of nitrogens with one attached hydrogen (secondary N) is 1. The number of ketones is 1. The van der Waals surface area contributed by atoms with Crippen molar-refractivity contribution in [3.05, 3.63) is 59.5 Å². The van der Waals surface area contributed by atoms with E-state index >= 15 is 0 Å². The van der Waals surface area contributed by atoms with Crippen LogP contribution in [0.15, 0.2) is 42.6 Å². The molecule has 0 spiro atoms. The van der Waals surface area contributed by atoms with Crippen molar-refractivity contribution in [3.8, 4) is 11.5 Å². The number of ether oxygens (including phenoxy) is 1. The maximum Gasteiger partial charge on any atom is 0.211 e. The van der Waals surface area contributed by atoms with Crippen LogP contribution in [-0.4, -0.2) is 29.2 Å². The number of carbonyl (C=O) groups excluding carboxylic acids is 2. The van der Waals surface area contributed by atoms with Gasteiger partial charge in [0.25, 0.3) is 0 Å². The Balaban J connectivity index is 1.75. The molecule has 0 unspecified atom stereocenters. The van der Waals surface area contributed by atoms with E-state index in [9.17, 15) is 14.0 Å². The van der Waals surface area contributed by atoms with Crippen LogP contribution >= 0.6 is 11.8 Å². The zero-order chi connectivity index (χ0) is 22.2. The fourth-order valence-corrected chi connectivity index (χ4v) is 3.80. The SMILES string of the molecule is CSCCCCC(=O)Cc1ccc(Oc2ccnc3cc(C)c(NC=O)cc23)cc1F. The molecule has 31 heavy (non-hydrogen) atoms. The minimum absolute atomic E-state index is 0.0411. The number of amides is 1. The van der Waals surface area contributed by atoms with Gasteiger partial charge in [-0.15, -0.1) is 0 Å². The van der Waals surface area contributed by atoms with Gasteiger partial charge in [-0.2, -0.15) is 11.8 Å². The zero-order valence-corrected chi connectivity index (χ0v) is 18.4. The second-order valence-electron chi connectivity index (χ2n) is 7.28. The predicted octanol–water partition coefficient (Wildman–Crippen LogP) is 5.69. The van der Waals surface area contributed by atoms with E-state index in [0.717, 1.165) is 24.2 Å². The Hall–Kier alpha value is -2.93. The van der Waals surface area contributed by atoms with Crippen LogP contribution in [0.2, 0.25) is 0 Å². The van der Waals surface area contributed by atoms with Gasteiger partial charge in [0.2, 0.25) is 6.41 Å². The van der Waals surface area contributed by atoms with Crippen molar-refractivity contribution in [2.45, 2.75) is 32.6 Å². The van der Waals surface area contributed by atoms with Crippen molar-refractivity contribution in [1.29, 1.82) is 0 Å². The summed E-state index contributed by atoms with van der Waals surface area (Å²) in [5, 5.41) is 3.35. The minimum atomic E-state index is -0.465. The number of carbonyl (C=O) groups is 2. The van der Waals surface area contributed by atoms with E-state index in [1.165, 1.54) is 6.07 Å². The molecule has 0 fully saturated rings. The average molecular weight is 441 g/mol. The smallest absolute Gasteiger partial charge is 0.211 e. The number of anilines is 1. The van der Waals surface area contributed by atoms with E-state index in [1.807, 2.05) is 19.2 Å². The Labute approximate surface area is 185 Å². The molecule has 0 saturated heterocycles. The van der Waals surface area contributed by atoms with Crippen molar-refractivity contribution < 1.29 is 18.7 Å². The summed E-state index contributed by atoms with van der Waals surface area (Å²) < 4.78 is 20.5. The lowest BCUT2D eigenvalue weighted by Gasteiger charge is -2.12. The van der Waals surface area contributed by atoms with E-state index in [1.54, 1.807) is 42.2 Å². The molecule has 1 aromatic heterocycles. The van der Waals surface area contributed by atoms with Crippen LogP contribution in [0.1, 0.15) is 30.4 Å². The van der Waals surface area contributed by atoms with E-state index < -0.39 is 5.82 Å². The summed E-state index contributed by atoms with van der Waals surface area (Å²) in [6.07, 6.45) is 6.65. The van der Waals surface area contributed by atoms with E-state index in [-0.39, 0.29) is 12.2 Å². The Morgan fingerprint density at radius 3 is 2.81 bits per heavy atom. The van der Waals surface area contributed by atoms with Crippen LogP contribution in [0.4, 0.5) is 10.1 Å². The monoisotopic (exact) mass is 440 g/mol. The molecule has 2 aromatic carbocycles. The lowest BCUT2D eigenvalue weighted by Crippen LogP contribution is -2.05. The Morgan fingerprint density at radius 2 is 2.06 bits per heavy atom. The molecule has 0 aliphatic heterocycles. The van der Waals surface area contributed by atoms with Crippen LogP contribution in [0.3, 0.4) is 0 Å². The summed E-state index contributed by atoms with van der Waals surface area (Å²) in [5.41, 5.74) is 2.60. The highest BCUT2D eigenvalue weighted by molar-refractivity contribution is 7.98. The first-order valence-electron chi connectivity index (χ1n) is 10.1. The summed E-state index contributed by atoms with van der Waals surface area (Å²) in [6, 6.07) is 9.86. The largest absolute Gasteiger partial charge is 0.456 e. The summed E-state index contributed by atoms with van der Waals surface area (Å²) in [6.45, 7) is 1.87. The molecule has 0 bridgehead atoms. The molecule has 7 heteroatoms. The zero-order valence-electron chi connectivity index (χ0n) is 17.6. The molecular weight excluding hydrogens is 415 g/mol. The third-order valence-corrected chi connectivity index (χ3v) is 5.65. The quantitative estimate of drug-likeness (QED) is 0.307. The van der Waals surface area contributed by atoms with Crippen molar-refractivity contribution in [1.82, 2.24) is 4.98 Å².